The molecule has 1 saturated heterocycles. The Morgan fingerprint density at radius 3 is 2.68 bits per heavy atom. The van der Waals surface area contributed by atoms with Crippen LogP contribution in [0.3, 0.4) is 0 Å². The van der Waals surface area contributed by atoms with Crippen LogP contribution in [0.1, 0.15) is 23.6 Å². The third-order valence-electron chi connectivity index (χ3n) is 6.03. The van der Waals surface area contributed by atoms with Crippen LogP contribution in [0.15, 0.2) is 67.3 Å². The number of benzene rings is 2. The summed E-state index contributed by atoms with van der Waals surface area (Å²) in [6.45, 7) is 2.19. The van der Waals surface area contributed by atoms with Crippen LogP contribution in [0.4, 0.5) is 13.2 Å². The maximum absolute atomic E-state index is 14.7. The largest absolute Gasteiger partial charge is 0.382 e. The standard InChI is InChI=1S/C27H25F3N4O3S/c1-18(27(35,15-34-17-32-16-33-34)22-6-4-7-23(28)26(22)30)38-21-13-36-25(37-14-21)8-3-2-5-20-10-9-19(12-31)11-24(20)29/h2-11,16-18,21,25,35H,13-15H2,1H3/t18-,21?,25?,27-/m1/s1. The van der Waals surface area contributed by atoms with Crippen LogP contribution >= 0.6 is 11.8 Å². The van der Waals surface area contributed by atoms with Gasteiger partial charge < -0.3 is 14.6 Å². The molecule has 0 amide bonds. The molecule has 1 aliphatic rings. The highest BCUT2D eigenvalue weighted by molar-refractivity contribution is 8.00. The second-order valence-corrected chi connectivity index (χ2v) is 10.3. The van der Waals surface area contributed by atoms with Gasteiger partial charge in [0.05, 0.1) is 36.6 Å². The van der Waals surface area contributed by atoms with Crippen molar-refractivity contribution in [2.45, 2.75) is 35.9 Å². The minimum absolute atomic E-state index is 0.131. The smallest absolute Gasteiger partial charge is 0.177 e. The number of aromatic nitrogens is 3. The van der Waals surface area contributed by atoms with Gasteiger partial charge >= 0.3 is 0 Å². The SMILES string of the molecule is C[C@@H](SC1COC(C=CC=Cc2ccc(C#N)cc2F)OC1)[C@](O)(Cn1cncn1)c1cccc(F)c1F. The van der Waals surface area contributed by atoms with Crippen LogP contribution in [-0.2, 0) is 21.6 Å². The molecule has 4 rings (SSSR count). The van der Waals surface area contributed by atoms with E-state index >= 15 is 0 Å². The van der Waals surface area contributed by atoms with Crippen LogP contribution in [0.2, 0.25) is 0 Å². The van der Waals surface area contributed by atoms with Crippen LogP contribution in [0.25, 0.3) is 6.08 Å². The van der Waals surface area contributed by atoms with Crippen molar-refractivity contribution in [2.75, 3.05) is 13.2 Å². The molecule has 1 aromatic heterocycles. The van der Waals surface area contributed by atoms with Crippen molar-refractivity contribution < 1.29 is 27.8 Å². The lowest BCUT2D eigenvalue weighted by atomic mass is 9.90. The molecule has 11 heteroatoms. The number of allylic oxidation sites excluding steroid dienone is 2. The fraction of sp³-hybridized carbons (Fsp3) is 0.296. The highest BCUT2D eigenvalue weighted by atomic mass is 32.2. The average molecular weight is 543 g/mol. The van der Waals surface area contributed by atoms with E-state index in [9.17, 15) is 18.3 Å². The molecule has 0 radical (unpaired) electrons. The molecule has 0 unspecified atom stereocenters. The van der Waals surface area contributed by atoms with Crippen molar-refractivity contribution in [3.8, 4) is 6.07 Å². The molecule has 2 atom stereocenters. The van der Waals surface area contributed by atoms with Crippen molar-refractivity contribution in [2.24, 2.45) is 0 Å². The fourth-order valence-electron chi connectivity index (χ4n) is 3.97. The van der Waals surface area contributed by atoms with E-state index in [1.54, 1.807) is 31.2 Å². The van der Waals surface area contributed by atoms with Crippen LogP contribution in [0.5, 0.6) is 0 Å². The molecule has 2 heterocycles. The van der Waals surface area contributed by atoms with Gasteiger partial charge in [0.25, 0.3) is 0 Å². The minimum atomic E-state index is -1.80. The van der Waals surface area contributed by atoms with Gasteiger partial charge in [-0.05, 0) is 24.3 Å². The molecule has 198 valence electrons. The lowest BCUT2D eigenvalue weighted by molar-refractivity contribution is -0.146. The normalized spacial score (nSPS) is 20.4. The summed E-state index contributed by atoms with van der Waals surface area (Å²) in [5.74, 6) is -2.65. The quantitative estimate of drug-likeness (QED) is 0.396. The van der Waals surface area contributed by atoms with Crippen LogP contribution < -0.4 is 0 Å². The molecule has 7 nitrogen and oxygen atoms in total. The van der Waals surface area contributed by atoms with Gasteiger partial charge in [0, 0.05) is 16.4 Å². The number of hydrogen-bond acceptors (Lipinski definition) is 7. The van der Waals surface area contributed by atoms with Gasteiger partial charge in [-0.3, -0.25) is 0 Å². The first kappa shape index (κ1) is 27.6. The summed E-state index contributed by atoms with van der Waals surface area (Å²) in [6, 6.07) is 9.83. The highest BCUT2D eigenvalue weighted by Gasteiger charge is 2.41. The lowest BCUT2D eigenvalue weighted by Crippen LogP contribution is -2.44. The zero-order valence-electron chi connectivity index (χ0n) is 20.4. The Hall–Kier alpha value is -3.43. The lowest BCUT2D eigenvalue weighted by Gasteiger charge is -2.37. The number of rotatable bonds is 9. The molecule has 0 aliphatic carbocycles. The Kier molecular flexibility index (Phi) is 9.01. The Morgan fingerprint density at radius 1 is 1.21 bits per heavy atom. The summed E-state index contributed by atoms with van der Waals surface area (Å²) in [6.07, 6.45) is 8.62. The van der Waals surface area contributed by atoms with Gasteiger partial charge in [-0.1, -0.05) is 43.4 Å². The summed E-state index contributed by atoms with van der Waals surface area (Å²) < 4.78 is 55.6. The van der Waals surface area contributed by atoms with Gasteiger partial charge in [-0.2, -0.15) is 10.4 Å². The maximum atomic E-state index is 14.7. The Balaban J connectivity index is 1.36. The van der Waals surface area contributed by atoms with E-state index in [1.165, 1.54) is 59.4 Å². The van der Waals surface area contributed by atoms with Gasteiger partial charge in [0.2, 0.25) is 0 Å². The van der Waals surface area contributed by atoms with Gasteiger partial charge in [-0.25, -0.2) is 22.8 Å². The summed E-state index contributed by atoms with van der Waals surface area (Å²) in [5.41, 5.74) is -1.37. The summed E-state index contributed by atoms with van der Waals surface area (Å²) in [7, 11) is 0. The van der Waals surface area contributed by atoms with E-state index in [4.69, 9.17) is 14.7 Å². The number of aliphatic hydroxyl groups is 1. The van der Waals surface area contributed by atoms with E-state index < -0.39 is 34.6 Å². The highest BCUT2D eigenvalue weighted by Crippen LogP contribution is 2.39. The number of nitrogens with zero attached hydrogens (tertiary/aromatic N) is 4. The monoisotopic (exact) mass is 542 g/mol. The molecular weight excluding hydrogens is 517 g/mol. The molecule has 2 aromatic carbocycles. The first-order valence-corrected chi connectivity index (χ1v) is 12.7. The van der Waals surface area contributed by atoms with E-state index in [0.717, 1.165) is 6.07 Å². The van der Waals surface area contributed by atoms with Gasteiger partial charge in [0.15, 0.2) is 17.9 Å². The molecular formula is C27H25F3N4O3S. The van der Waals surface area contributed by atoms with E-state index in [-0.39, 0.29) is 22.9 Å². The molecule has 0 spiro atoms. The second kappa shape index (κ2) is 12.4. The van der Waals surface area contributed by atoms with Crippen molar-refractivity contribution in [1.29, 1.82) is 5.26 Å². The molecule has 38 heavy (non-hydrogen) atoms. The van der Waals surface area contributed by atoms with Crippen molar-refractivity contribution in [3.05, 3.63) is 101 Å². The summed E-state index contributed by atoms with van der Waals surface area (Å²) >= 11 is 1.34. The molecule has 1 N–H and O–H groups in total. The zero-order chi connectivity index (χ0) is 27.1. The predicted molar refractivity (Wildman–Crippen MR) is 136 cm³/mol. The topological polar surface area (TPSA) is 93.2 Å². The Morgan fingerprint density at radius 2 is 2.00 bits per heavy atom. The third kappa shape index (κ3) is 6.52. The Bertz CT molecular complexity index is 1340. The fourth-order valence-corrected chi connectivity index (χ4v) is 5.29. The van der Waals surface area contributed by atoms with Gasteiger partial charge in [-0.15, -0.1) is 11.8 Å². The number of thioether (sulfide) groups is 1. The van der Waals surface area contributed by atoms with E-state index in [1.807, 2.05) is 6.07 Å². The van der Waals surface area contributed by atoms with Crippen molar-refractivity contribution in [1.82, 2.24) is 14.8 Å². The number of ether oxygens (including phenoxy) is 2. The maximum Gasteiger partial charge on any atom is 0.177 e. The molecule has 0 bridgehead atoms. The number of hydrogen-bond donors (Lipinski definition) is 1. The van der Waals surface area contributed by atoms with Gasteiger partial charge in [0.1, 0.15) is 24.1 Å². The summed E-state index contributed by atoms with van der Waals surface area (Å²) in [4.78, 5) is 3.87. The molecule has 3 aromatic rings. The zero-order valence-corrected chi connectivity index (χ0v) is 21.2. The van der Waals surface area contributed by atoms with E-state index in [0.29, 0.717) is 18.8 Å². The number of halogens is 3. The minimum Gasteiger partial charge on any atom is -0.382 e. The summed E-state index contributed by atoms with van der Waals surface area (Å²) in [5, 5.41) is 23.7. The average Bonchev–Trinajstić information content (AvgIpc) is 3.42. The van der Waals surface area contributed by atoms with Crippen LogP contribution in [0, 0.1) is 28.8 Å². The number of nitriles is 1. The first-order valence-electron chi connectivity index (χ1n) is 11.7. The van der Waals surface area contributed by atoms with Crippen molar-refractivity contribution in [3.63, 3.8) is 0 Å². The molecule has 0 saturated carbocycles. The predicted octanol–water partition coefficient (Wildman–Crippen LogP) is 4.59. The van der Waals surface area contributed by atoms with Crippen molar-refractivity contribution >= 4 is 17.8 Å². The first-order chi connectivity index (χ1) is 18.3. The Labute approximate surface area is 222 Å². The second-order valence-electron chi connectivity index (χ2n) is 8.65. The van der Waals surface area contributed by atoms with E-state index in [2.05, 4.69) is 10.1 Å². The third-order valence-corrected chi connectivity index (χ3v) is 7.49. The van der Waals surface area contributed by atoms with Crippen LogP contribution in [-0.4, -0.2) is 49.9 Å². The molecule has 1 fully saturated rings. The molecule has 1 aliphatic heterocycles.